The molecule has 0 saturated heterocycles. The maximum Gasteiger partial charge on any atom is 0.460 e. The number of rotatable bonds is 20. The maximum atomic E-state index is 14.0. The number of halogens is 34. The number of carbonyl (C=O) groups is 2. The van der Waals surface area contributed by atoms with E-state index >= 15 is 0 Å². The molecule has 0 aliphatic heterocycles. The second-order valence-electron chi connectivity index (χ2n) is 13.7. The Kier molecular flexibility index (Phi) is 15.8. The molecule has 0 heterocycles. The van der Waals surface area contributed by atoms with Crippen LogP contribution in [0, 0.1) is 11.8 Å². The first-order chi connectivity index (χ1) is 28.5. The van der Waals surface area contributed by atoms with Gasteiger partial charge in [-0.15, -0.1) is 0 Å². The van der Waals surface area contributed by atoms with E-state index in [0.717, 1.165) is 0 Å². The molecule has 0 bridgehead atoms. The summed E-state index contributed by atoms with van der Waals surface area (Å²) in [5.74, 6) is -125. The fourth-order valence-corrected chi connectivity index (χ4v) is 5.07. The lowest BCUT2D eigenvalue weighted by Crippen LogP contribution is -2.74. The highest BCUT2D eigenvalue weighted by molar-refractivity contribution is 5.75. The van der Waals surface area contributed by atoms with Crippen molar-refractivity contribution in [3.8, 4) is 0 Å². The normalized spacial score (nSPS) is 19.5. The van der Waals surface area contributed by atoms with E-state index in [1.165, 1.54) is 0 Å². The summed E-state index contributed by atoms with van der Waals surface area (Å²) < 4.78 is 463. The number of hydrogen-bond donors (Lipinski definition) is 0. The molecule has 392 valence electrons. The van der Waals surface area contributed by atoms with Crippen LogP contribution >= 0.6 is 0 Å². The molecule has 1 aliphatic carbocycles. The fraction of sp³-hybridized carbons (Fsp3) is 0.929. The number of esters is 2. The minimum atomic E-state index is -8.93. The Morgan fingerprint density at radius 1 is 0.288 bits per heavy atom. The maximum absolute atomic E-state index is 14.0. The predicted octanol–water partition coefficient (Wildman–Crippen LogP) is 12.7. The van der Waals surface area contributed by atoms with Gasteiger partial charge in [0, 0.05) is 0 Å². The standard InChI is InChI=1S/C28H18F34O4/c29-13(30,15(33,34)17(37,38)19(41,42)21(45,46)23(49,50)25(53,54)27(57,58)59)5-7-65-11(63)9-1-2-10(4-3-9)12(64)66-8-6-14(31,32)16(35,36)18(39,40)20(43,44)22(47,48)24(51,52)26(55,56)28(60,61)62/h9-10H,1-8H2. The molecule has 0 spiro atoms. The van der Waals surface area contributed by atoms with Crippen molar-refractivity contribution in [2.24, 2.45) is 11.8 Å². The van der Waals surface area contributed by atoms with E-state index in [1.807, 2.05) is 0 Å². The second kappa shape index (κ2) is 17.2. The highest BCUT2D eigenvalue weighted by Crippen LogP contribution is 2.66. The molecular formula is C28H18F34O4. The van der Waals surface area contributed by atoms with Gasteiger partial charge < -0.3 is 9.47 Å². The lowest BCUT2D eigenvalue weighted by atomic mass is 9.82. The van der Waals surface area contributed by atoms with E-state index in [2.05, 4.69) is 9.47 Å². The molecule has 1 aliphatic rings. The number of carbonyl (C=O) groups excluding carboxylic acids is 2. The Bertz CT molecular complexity index is 1590. The highest BCUT2D eigenvalue weighted by atomic mass is 19.4. The summed E-state index contributed by atoms with van der Waals surface area (Å²) >= 11 is 0. The van der Waals surface area contributed by atoms with E-state index in [1.54, 1.807) is 0 Å². The van der Waals surface area contributed by atoms with Gasteiger partial charge in [-0.2, -0.15) is 149 Å². The fourth-order valence-electron chi connectivity index (χ4n) is 5.07. The van der Waals surface area contributed by atoms with Crippen LogP contribution in [0.15, 0.2) is 0 Å². The highest BCUT2D eigenvalue weighted by Gasteiger charge is 2.97. The smallest absolute Gasteiger partial charge is 0.460 e. The van der Waals surface area contributed by atoms with Gasteiger partial charge in [-0.3, -0.25) is 9.59 Å². The van der Waals surface area contributed by atoms with E-state index in [9.17, 15) is 159 Å². The number of hydrogen-bond acceptors (Lipinski definition) is 4. The van der Waals surface area contributed by atoms with Crippen LogP contribution in [-0.2, 0) is 19.1 Å². The summed E-state index contributed by atoms with van der Waals surface area (Å²) in [7, 11) is 0. The van der Waals surface area contributed by atoms with Crippen molar-refractivity contribution in [3.63, 3.8) is 0 Å². The molecule has 0 amide bonds. The van der Waals surface area contributed by atoms with Crippen LogP contribution in [0.5, 0.6) is 0 Å². The van der Waals surface area contributed by atoms with Gasteiger partial charge in [-0.25, -0.2) is 0 Å². The van der Waals surface area contributed by atoms with Gasteiger partial charge in [0.2, 0.25) is 0 Å². The van der Waals surface area contributed by atoms with Gasteiger partial charge in [0.1, 0.15) is 0 Å². The van der Waals surface area contributed by atoms with E-state index in [4.69, 9.17) is 0 Å². The van der Waals surface area contributed by atoms with E-state index in [0.29, 0.717) is 0 Å². The van der Waals surface area contributed by atoms with Gasteiger partial charge >= 0.3 is 107 Å². The molecule has 0 aromatic carbocycles. The lowest BCUT2D eigenvalue weighted by Gasteiger charge is -2.42. The molecule has 4 nitrogen and oxygen atoms in total. The van der Waals surface area contributed by atoms with Gasteiger partial charge in [0.25, 0.3) is 0 Å². The zero-order chi connectivity index (χ0) is 53.4. The molecule has 38 heteroatoms. The van der Waals surface area contributed by atoms with Gasteiger partial charge in [0.05, 0.1) is 37.9 Å². The van der Waals surface area contributed by atoms with E-state index < -0.39 is 171 Å². The average Bonchev–Trinajstić information content (AvgIpc) is 3.12. The summed E-state index contributed by atoms with van der Waals surface area (Å²) in [6.07, 6.45) is -26.0. The quantitative estimate of drug-likeness (QED) is 0.0901. The molecule has 0 unspecified atom stereocenters. The summed E-state index contributed by atoms with van der Waals surface area (Å²) in [4.78, 5) is 24.2. The molecule has 1 rings (SSSR count). The Hall–Kier alpha value is -3.44. The van der Waals surface area contributed by atoms with Crippen LogP contribution in [0.4, 0.5) is 149 Å². The minimum absolute atomic E-state index is 0.886. The molecule has 0 atom stereocenters. The van der Waals surface area contributed by atoms with Crippen LogP contribution in [-0.4, -0.2) is 120 Å². The van der Waals surface area contributed by atoms with Crippen molar-refractivity contribution < 1.29 is 168 Å². The minimum Gasteiger partial charge on any atom is -0.465 e. The second-order valence-corrected chi connectivity index (χ2v) is 13.7. The van der Waals surface area contributed by atoms with Crippen LogP contribution < -0.4 is 0 Å². The molecule has 1 saturated carbocycles. The SMILES string of the molecule is O=C(OCCC(F)(F)C(F)(F)C(F)(F)C(F)(F)C(F)(F)C(F)(F)C(F)(F)C(F)(F)F)C1CCC(C(=O)OCCC(F)(F)C(F)(F)C(F)(F)C(F)(F)C(F)(F)C(F)(F)C(F)(F)C(F)(F)F)CC1. The van der Waals surface area contributed by atoms with Crippen LogP contribution in [0.1, 0.15) is 38.5 Å². The molecule has 0 radical (unpaired) electrons. The van der Waals surface area contributed by atoms with Gasteiger partial charge in [-0.05, 0) is 25.7 Å². The Labute approximate surface area is 340 Å². The molecule has 0 aromatic rings. The van der Waals surface area contributed by atoms with Crippen LogP contribution in [0.3, 0.4) is 0 Å². The topological polar surface area (TPSA) is 52.6 Å². The molecular weight excluding hydrogens is 1050 g/mol. The van der Waals surface area contributed by atoms with Gasteiger partial charge in [0.15, 0.2) is 0 Å². The Morgan fingerprint density at radius 2 is 0.455 bits per heavy atom. The summed E-state index contributed by atoms with van der Waals surface area (Å²) in [5, 5.41) is 0. The first-order valence-electron chi connectivity index (χ1n) is 16.2. The van der Waals surface area contributed by atoms with Crippen molar-refractivity contribution in [3.05, 3.63) is 0 Å². The third-order valence-electron chi connectivity index (χ3n) is 9.29. The Balaban J connectivity index is 3.01. The zero-order valence-corrected chi connectivity index (χ0v) is 30.3. The first-order valence-corrected chi connectivity index (χ1v) is 16.2. The van der Waals surface area contributed by atoms with Crippen molar-refractivity contribution in [2.75, 3.05) is 13.2 Å². The monoisotopic (exact) mass is 1060 g/mol. The average molecular weight is 1060 g/mol. The third kappa shape index (κ3) is 8.99. The molecule has 66 heavy (non-hydrogen) atoms. The lowest BCUT2D eigenvalue weighted by molar-refractivity contribution is -0.461. The third-order valence-corrected chi connectivity index (χ3v) is 9.29. The summed E-state index contributed by atoms with van der Waals surface area (Å²) in [5.41, 5.74) is 0. The van der Waals surface area contributed by atoms with E-state index in [-0.39, 0.29) is 0 Å². The summed E-state index contributed by atoms with van der Waals surface area (Å²) in [6.45, 7) is -4.79. The number of ether oxygens (including phenoxy) is 2. The van der Waals surface area contributed by atoms with Crippen molar-refractivity contribution in [2.45, 2.75) is 134 Å². The van der Waals surface area contributed by atoms with Crippen LogP contribution in [0.2, 0.25) is 0 Å². The molecule has 1 fully saturated rings. The first kappa shape index (κ1) is 60.6. The van der Waals surface area contributed by atoms with Crippen molar-refractivity contribution >= 4 is 11.9 Å². The molecule has 0 aromatic heterocycles. The summed E-state index contributed by atoms with van der Waals surface area (Å²) in [6, 6.07) is 0. The largest absolute Gasteiger partial charge is 0.465 e. The van der Waals surface area contributed by atoms with Gasteiger partial charge in [-0.1, -0.05) is 0 Å². The molecule has 0 N–H and O–H groups in total. The Morgan fingerprint density at radius 3 is 0.636 bits per heavy atom. The number of alkyl halides is 34. The predicted molar refractivity (Wildman–Crippen MR) is 138 cm³/mol. The zero-order valence-electron chi connectivity index (χ0n) is 30.3. The van der Waals surface area contributed by atoms with Crippen molar-refractivity contribution in [1.82, 2.24) is 0 Å². The van der Waals surface area contributed by atoms with Crippen LogP contribution in [0.25, 0.3) is 0 Å². The van der Waals surface area contributed by atoms with Crippen molar-refractivity contribution in [1.29, 1.82) is 0 Å².